The van der Waals surface area contributed by atoms with E-state index in [9.17, 15) is 9.59 Å². The Hall–Kier alpha value is -2.90. The molecule has 1 heterocycles. The number of hydrogen-bond acceptors (Lipinski definition) is 5. The molecule has 0 aromatic heterocycles. The van der Waals surface area contributed by atoms with Gasteiger partial charge in [0, 0.05) is 25.3 Å². The number of nitrogens with one attached hydrogen (secondary N) is 1. The van der Waals surface area contributed by atoms with Gasteiger partial charge in [-0.3, -0.25) is 14.5 Å². The Labute approximate surface area is 164 Å². The molecular formula is C21H25N3O4. The van der Waals surface area contributed by atoms with Crippen LogP contribution in [0.1, 0.15) is 21.5 Å². The van der Waals surface area contributed by atoms with Gasteiger partial charge in [-0.15, -0.1) is 0 Å². The lowest BCUT2D eigenvalue weighted by molar-refractivity contribution is -0.118. The van der Waals surface area contributed by atoms with E-state index in [4.69, 9.17) is 15.2 Å². The number of primary amides is 1. The summed E-state index contributed by atoms with van der Waals surface area (Å²) < 4.78 is 10.9. The number of nitrogens with two attached hydrogens (primary N) is 1. The zero-order chi connectivity index (χ0) is 19.9. The number of amides is 2. The molecule has 2 amide bonds. The minimum absolute atomic E-state index is 0.209. The first kappa shape index (κ1) is 19.9. The molecule has 2 aromatic rings. The smallest absolute Gasteiger partial charge is 0.262 e. The maximum Gasteiger partial charge on any atom is 0.262 e. The van der Waals surface area contributed by atoms with Gasteiger partial charge in [0.15, 0.2) is 6.61 Å². The van der Waals surface area contributed by atoms with Crippen molar-refractivity contribution in [3.05, 3.63) is 59.2 Å². The molecule has 7 nitrogen and oxygen atoms in total. The molecule has 1 saturated heterocycles. The van der Waals surface area contributed by atoms with Gasteiger partial charge in [-0.05, 0) is 42.3 Å². The van der Waals surface area contributed by atoms with Crippen LogP contribution in [0.2, 0.25) is 0 Å². The molecule has 7 heteroatoms. The average Bonchev–Trinajstić information content (AvgIpc) is 2.68. The minimum Gasteiger partial charge on any atom is -0.483 e. The van der Waals surface area contributed by atoms with Crippen molar-refractivity contribution in [2.24, 2.45) is 5.73 Å². The van der Waals surface area contributed by atoms with E-state index >= 15 is 0 Å². The Morgan fingerprint density at radius 1 is 1.14 bits per heavy atom. The number of rotatable bonds is 7. The topological polar surface area (TPSA) is 93.9 Å². The summed E-state index contributed by atoms with van der Waals surface area (Å²) in [6.45, 7) is 5.93. The number of carbonyl (C=O) groups excluding carboxylic acids is 2. The van der Waals surface area contributed by atoms with Crippen molar-refractivity contribution in [1.29, 1.82) is 0 Å². The summed E-state index contributed by atoms with van der Waals surface area (Å²) in [7, 11) is 0. The number of nitrogens with zero attached hydrogens (tertiary/aromatic N) is 1. The van der Waals surface area contributed by atoms with Gasteiger partial charge in [0.2, 0.25) is 0 Å². The first-order valence-corrected chi connectivity index (χ1v) is 9.23. The summed E-state index contributed by atoms with van der Waals surface area (Å²) in [6, 6.07) is 12.8. The zero-order valence-corrected chi connectivity index (χ0v) is 15.9. The lowest BCUT2D eigenvalue weighted by Crippen LogP contribution is -2.35. The average molecular weight is 383 g/mol. The normalized spacial score (nSPS) is 14.5. The van der Waals surface area contributed by atoms with Crippen molar-refractivity contribution >= 4 is 17.5 Å². The molecule has 0 radical (unpaired) electrons. The number of hydrogen-bond donors (Lipinski definition) is 2. The molecule has 0 saturated carbocycles. The summed E-state index contributed by atoms with van der Waals surface area (Å²) in [5.41, 5.74) is 8.39. The molecular weight excluding hydrogens is 358 g/mol. The Morgan fingerprint density at radius 3 is 2.54 bits per heavy atom. The predicted octanol–water partition coefficient (Wildman–Crippen LogP) is 1.94. The van der Waals surface area contributed by atoms with Crippen LogP contribution in [0.25, 0.3) is 0 Å². The van der Waals surface area contributed by atoms with Crippen LogP contribution in [0.4, 0.5) is 5.69 Å². The van der Waals surface area contributed by atoms with Crippen molar-refractivity contribution in [2.75, 3.05) is 38.2 Å². The monoisotopic (exact) mass is 383 g/mol. The third-order valence-corrected chi connectivity index (χ3v) is 4.51. The van der Waals surface area contributed by atoms with E-state index in [-0.39, 0.29) is 18.1 Å². The second kappa shape index (κ2) is 9.34. The van der Waals surface area contributed by atoms with Gasteiger partial charge in [0.1, 0.15) is 5.75 Å². The molecule has 1 aliphatic rings. The summed E-state index contributed by atoms with van der Waals surface area (Å²) in [6.07, 6.45) is 0. The van der Waals surface area contributed by atoms with Crippen molar-refractivity contribution in [3.63, 3.8) is 0 Å². The van der Waals surface area contributed by atoms with E-state index in [1.165, 1.54) is 5.56 Å². The molecule has 148 valence electrons. The zero-order valence-electron chi connectivity index (χ0n) is 15.9. The lowest BCUT2D eigenvalue weighted by Gasteiger charge is -2.26. The largest absolute Gasteiger partial charge is 0.483 e. The van der Waals surface area contributed by atoms with Gasteiger partial charge in [-0.1, -0.05) is 18.2 Å². The third-order valence-electron chi connectivity index (χ3n) is 4.51. The molecule has 1 fully saturated rings. The van der Waals surface area contributed by atoms with Crippen molar-refractivity contribution in [3.8, 4) is 5.75 Å². The Kier molecular flexibility index (Phi) is 6.62. The van der Waals surface area contributed by atoms with E-state index in [0.29, 0.717) is 11.4 Å². The highest BCUT2D eigenvalue weighted by Gasteiger charge is 2.13. The van der Waals surface area contributed by atoms with Crippen LogP contribution >= 0.6 is 0 Å². The quantitative estimate of drug-likeness (QED) is 0.762. The summed E-state index contributed by atoms with van der Waals surface area (Å²) in [5.74, 6) is -0.590. The number of anilines is 1. The van der Waals surface area contributed by atoms with Gasteiger partial charge >= 0.3 is 0 Å². The van der Waals surface area contributed by atoms with E-state index < -0.39 is 5.91 Å². The highest BCUT2D eigenvalue weighted by atomic mass is 16.5. The van der Waals surface area contributed by atoms with Gasteiger partial charge in [-0.2, -0.15) is 0 Å². The van der Waals surface area contributed by atoms with Gasteiger partial charge in [0.05, 0.1) is 18.8 Å². The molecule has 0 bridgehead atoms. The second-order valence-electron chi connectivity index (χ2n) is 6.79. The maximum absolute atomic E-state index is 12.2. The van der Waals surface area contributed by atoms with Crippen molar-refractivity contribution < 1.29 is 19.1 Å². The minimum atomic E-state index is -0.591. The van der Waals surface area contributed by atoms with E-state index in [0.717, 1.165) is 38.4 Å². The molecule has 0 aliphatic carbocycles. The van der Waals surface area contributed by atoms with Crippen molar-refractivity contribution in [1.82, 2.24) is 4.90 Å². The van der Waals surface area contributed by atoms with E-state index in [2.05, 4.69) is 10.2 Å². The number of morpholine rings is 1. The van der Waals surface area contributed by atoms with Gasteiger partial charge in [-0.25, -0.2) is 0 Å². The second-order valence-corrected chi connectivity index (χ2v) is 6.79. The van der Waals surface area contributed by atoms with Crippen LogP contribution in [0, 0.1) is 6.92 Å². The van der Waals surface area contributed by atoms with Gasteiger partial charge in [0.25, 0.3) is 11.8 Å². The molecule has 0 spiro atoms. The van der Waals surface area contributed by atoms with E-state index in [1.54, 1.807) is 18.2 Å². The molecule has 1 aliphatic heterocycles. The Bertz CT molecular complexity index is 830. The van der Waals surface area contributed by atoms with Crippen LogP contribution in [-0.2, 0) is 16.1 Å². The first-order chi connectivity index (χ1) is 13.5. The third kappa shape index (κ3) is 5.55. The number of aryl methyl sites for hydroxylation is 1. The first-order valence-electron chi connectivity index (χ1n) is 9.23. The van der Waals surface area contributed by atoms with Crippen LogP contribution in [0.15, 0.2) is 42.5 Å². The van der Waals surface area contributed by atoms with Crippen LogP contribution in [0.5, 0.6) is 5.75 Å². The lowest BCUT2D eigenvalue weighted by atomic mass is 10.1. The van der Waals surface area contributed by atoms with Crippen LogP contribution in [0.3, 0.4) is 0 Å². The summed E-state index contributed by atoms with van der Waals surface area (Å²) in [5, 5.41) is 2.79. The van der Waals surface area contributed by atoms with Crippen LogP contribution in [-0.4, -0.2) is 49.6 Å². The van der Waals surface area contributed by atoms with Gasteiger partial charge < -0.3 is 20.5 Å². The fourth-order valence-corrected chi connectivity index (χ4v) is 3.00. The Morgan fingerprint density at radius 2 is 1.86 bits per heavy atom. The molecule has 2 aromatic carbocycles. The predicted molar refractivity (Wildman–Crippen MR) is 106 cm³/mol. The standard InChI is InChI=1S/C21H25N3O4/c1-15-2-7-18(21(22)26)19(12-15)28-14-20(25)23-17-5-3-16(4-6-17)13-24-8-10-27-11-9-24/h2-7,12H,8-11,13-14H2,1H3,(H2,22,26)(H,23,25). The number of ether oxygens (including phenoxy) is 2. The van der Waals surface area contributed by atoms with Crippen molar-refractivity contribution in [2.45, 2.75) is 13.5 Å². The fourth-order valence-electron chi connectivity index (χ4n) is 3.00. The van der Waals surface area contributed by atoms with E-state index in [1.807, 2.05) is 31.2 Å². The molecule has 3 N–H and O–H groups in total. The SMILES string of the molecule is Cc1ccc(C(N)=O)c(OCC(=O)Nc2ccc(CN3CCOCC3)cc2)c1. The number of benzene rings is 2. The Balaban J connectivity index is 1.52. The summed E-state index contributed by atoms with van der Waals surface area (Å²) in [4.78, 5) is 26.0. The number of carbonyl (C=O) groups is 2. The van der Waals surface area contributed by atoms with Crippen LogP contribution < -0.4 is 15.8 Å². The summed E-state index contributed by atoms with van der Waals surface area (Å²) >= 11 is 0. The maximum atomic E-state index is 12.2. The fraction of sp³-hybridized carbons (Fsp3) is 0.333. The molecule has 0 unspecified atom stereocenters. The highest BCUT2D eigenvalue weighted by Crippen LogP contribution is 2.20. The molecule has 3 rings (SSSR count). The highest BCUT2D eigenvalue weighted by molar-refractivity contribution is 5.96. The molecule has 0 atom stereocenters. The molecule has 28 heavy (non-hydrogen) atoms.